The first kappa shape index (κ1) is 14.2. The van der Waals surface area contributed by atoms with Crippen molar-refractivity contribution < 1.29 is 18.3 Å². The molecule has 7 heteroatoms. The number of urea groups is 1. The van der Waals surface area contributed by atoms with Gasteiger partial charge < -0.3 is 15.4 Å². The number of anilines is 1. The summed E-state index contributed by atoms with van der Waals surface area (Å²) in [6.07, 6.45) is 0.678. The van der Waals surface area contributed by atoms with E-state index in [1.165, 1.54) is 0 Å². The van der Waals surface area contributed by atoms with Gasteiger partial charge in [0.05, 0.1) is 22.3 Å². The molecule has 0 aliphatic carbocycles. The molecule has 1 aromatic carbocycles. The number of carbonyl (C=O) groups is 1. The van der Waals surface area contributed by atoms with Crippen LogP contribution in [0.3, 0.4) is 0 Å². The molecule has 1 heterocycles. The minimum absolute atomic E-state index is 0.00659. The Kier molecular flexibility index (Phi) is 4.05. The average molecular weight is 335 g/mol. The molecule has 1 aliphatic heterocycles. The van der Waals surface area contributed by atoms with Crippen LogP contribution in [0.25, 0.3) is 0 Å². The van der Waals surface area contributed by atoms with Crippen LogP contribution >= 0.6 is 15.9 Å². The fourth-order valence-corrected chi connectivity index (χ4v) is 2.13. The van der Waals surface area contributed by atoms with Gasteiger partial charge in [0.15, 0.2) is 0 Å². The number of amides is 2. The smallest absolute Gasteiger partial charge is 0.319 e. The van der Waals surface area contributed by atoms with Gasteiger partial charge in [-0.25, -0.2) is 13.6 Å². The summed E-state index contributed by atoms with van der Waals surface area (Å²) in [5.74, 6) is -1.36. The SMILES string of the molecule is CC1(NC(=O)Nc2cc(F)c(Br)cc2F)CCOC1. The minimum Gasteiger partial charge on any atom is -0.379 e. The van der Waals surface area contributed by atoms with Crippen molar-refractivity contribution in [3.05, 3.63) is 28.2 Å². The van der Waals surface area contributed by atoms with Crippen molar-refractivity contribution in [2.24, 2.45) is 0 Å². The van der Waals surface area contributed by atoms with E-state index in [-0.39, 0.29) is 10.2 Å². The van der Waals surface area contributed by atoms with Crippen molar-refractivity contribution in [3.8, 4) is 0 Å². The van der Waals surface area contributed by atoms with E-state index in [0.29, 0.717) is 19.6 Å². The third-order valence-corrected chi connectivity index (χ3v) is 3.50. The van der Waals surface area contributed by atoms with Crippen molar-refractivity contribution in [2.75, 3.05) is 18.5 Å². The maximum absolute atomic E-state index is 13.5. The summed E-state index contributed by atoms with van der Waals surface area (Å²) < 4.78 is 32.0. The second-order valence-electron chi connectivity index (χ2n) is 4.69. The Morgan fingerprint density at radius 2 is 2.16 bits per heavy atom. The first-order chi connectivity index (χ1) is 8.89. The van der Waals surface area contributed by atoms with Gasteiger partial charge in [-0.1, -0.05) is 0 Å². The summed E-state index contributed by atoms with van der Waals surface area (Å²) in [6, 6.07) is 1.30. The van der Waals surface area contributed by atoms with Gasteiger partial charge >= 0.3 is 6.03 Å². The van der Waals surface area contributed by atoms with Gasteiger partial charge in [-0.15, -0.1) is 0 Å². The Bertz CT molecular complexity index is 505. The van der Waals surface area contributed by atoms with Gasteiger partial charge in [0.2, 0.25) is 0 Å². The fourth-order valence-electron chi connectivity index (χ4n) is 1.81. The summed E-state index contributed by atoms with van der Waals surface area (Å²) in [7, 11) is 0. The van der Waals surface area contributed by atoms with Gasteiger partial charge in [-0.05, 0) is 35.3 Å². The van der Waals surface area contributed by atoms with Crippen LogP contribution in [0.2, 0.25) is 0 Å². The second kappa shape index (κ2) is 5.42. The lowest BCUT2D eigenvalue weighted by atomic mass is 10.0. The van der Waals surface area contributed by atoms with Crippen LogP contribution in [0.5, 0.6) is 0 Å². The summed E-state index contributed by atoms with van der Waals surface area (Å²) in [4.78, 5) is 11.7. The van der Waals surface area contributed by atoms with Crippen LogP contribution in [-0.4, -0.2) is 24.8 Å². The third-order valence-electron chi connectivity index (χ3n) is 2.89. The van der Waals surface area contributed by atoms with E-state index in [4.69, 9.17) is 4.74 Å². The molecule has 0 bridgehead atoms. The molecule has 2 amide bonds. The lowest BCUT2D eigenvalue weighted by molar-refractivity contribution is 0.172. The number of halogens is 3. The van der Waals surface area contributed by atoms with Crippen LogP contribution in [0, 0.1) is 11.6 Å². The van der Waals surface area contributed by atoms with E-state index in [1.54, 1.807) is 0 Å². The molecule has 2 N–H and O–H groups in total. The molecule has 1 fully saturated rings. The van der Waals surface area contributed by atoms with E-state index in [2.05, 4.69) is 26.6 Å². The van der Waals surface area contributed by atoms with E-state index >= 15 is 0 Å². The Morgan fingerprint density at radius 1 is 1.42 bits per heavy atom. The molecule has 0 aromatic heterocycles. The predicted octanol–water partition coefficient (Wildman–Crippen LogP) is 3.03. The zero-order valence-electron chi connectivity index (χ0n) is 10.2. The van der Waals surface area contributed by atoms with E-state index in [0.717, 1.165) is 12.1 Å². The monoisotopic (exact) mass is 334 g/mol. The molecule has 1 atom stereocenters. The lowest BCUT2D eigenvalue weighted by Crippen LogP contribution is -2.48. The summed E-state index contributed by atoms with van der Waals surface area (Å²) >= 11 is 2.87. The molecule has 0 radical (unpaired) electrons. The van der Waals surface area contributed by atoms with Gasteiger partial charge in [0.1, 0.15) is 11.6 Å². The standard InChI is InChI=1S/C12H13BrF2N2O2/c1-12(2-3-19-6-12)17-11(18)16-10-5-8(14)7(13)4-9(10)15/h4-5H,2-3,6H2,1H3,(H2,16,17,18). The number of rotatable bonds is 2. The summed E-state index contributed by atoms with van der Waals surface area (Å²) in [5.41, 5.74) is -0.685. The zero-order valence-corrected chi connectivity index (χ0v) is 11.8. The number of nitrogens with one attached hydrogen (secondary N) is 2. The van der Waals surface area contributed by atoms with Crippen LogP contribution < -0.4 is 10.6 Å². The van der Waals surface area contributed by atoms with Gasteiger partial charge in [0, 0.05) is 12.7 Å². The fraction of sp³-hybridized carbons (Fsp3) is 0.417. The van der Waals surface area contributed by atoms with Crippen molar-refractivity contribution in [2.45, 2.75) is 18.9 Å². The highest BCUT2D eigenvalue weighted by Crippen LogP contribution is 2.24. The molecule has 19 heavy (non-hydrogen) atoms. The molecule has 1 aromatic rings. The Morgan fingerprint density at radius 3 is 2.79 bits per heavy atom. The lowest BCUT2D eigenvalue weighted by Gasteiger charge is -2.23. The first-order valence-electron chi connectivity index (χ1n) is 5.71. The molecule has 0 spiro atoms. The van der Waals surface area contributed by atoms with Crippen molar-refractivity contribution in [1.29, 1.82) is 0 Å². The highest BCUT2D eigenvalue weighted by Gasteiger charge is 2.31. The minimum atomic E-state index is -0.712. The van der Waals surface area contributed by atoms with E-state index in [9.17, 15) is 13.6 Å². The maximum atomic E-state index is 13.5. The summed E-state index contributed by atoms with van der Waals surface area (Å²) in [6.45, 7) is 2.80. The summed E-state index contributed by atoms with van der Waals surface area (Å²) in [5, 5.41) is 4.98. The predicted molar refractivity (Wildman–Crippen MR) is 70.1 cm³/mol. The highest BCUT2D eigenvalue weighted by molar-refractivity contribution is 9.10. The Balaban J connectivity index is 2.05. The van der Waals surface area contributed by atoms with Crippen LogP contribution in [0.4, 0.5) is 19.3 Å². The molecule has 0 saturated carbocycles. The maximum Gasteiger partial charge on any atom is 0.319 e. The van der Waals surface area contributed by atoms with Crippen molar-refractivity contribution in [1.82, 2.24) is 5.32 Å². The van der Waals surface area contributed by atoms with Crippen LogP contribution in [0.15, 0.2) is 16.6 Å². The molecule has 1 unspecified atom stereocenters. The largest absolute Gasteiger partial charge is 0.379 e. The normalized spacial score (nSPS) is 22.3. The van der Waals surface area contributed by atoms with E-state index < -0.39 is 23.2 Å². The molecule has 4 nitrogen and oxygen atoms in total. The van der Waals surface area contributed by atoms with Crippen molar-refractivity contribution >= 4 is 27.6 Å². The number of hydrogen-bond acceptors (Lipinski definition) is 2. The number of ether oxygens (including phenoxy) is 1. The average Bonchev–Trinajstić information content (AvgIpc) is 2.72. The number of benzene rings is 1. The van der Waals surface area contributed by atoms with Gasteiger partial charge in [-0.3, -0.25) is 0 Å². The quantitative estimate of drug-likeness (QED) is 0.817. The van der Waals surface area contributed by atoms with Crippen LogP contribution in [0.1, 0.15) is 13.3 Å². The van der Waals surface area contributed by atoms with Crippen molar-refractivity contribution in [3.63, 3.8) is 0 Å². The third kappa shape index (κ3) is 3.42. The molecule has 1 aliphatic rings. The Hall–Kier alpha value is -1.21. The molecular formula is C12H13BrF2N2O2. The molecule has 2 rings (SSSR count). The van der Waals surface area contributed by atoms with Gasteiger partial charge in [-0.2, -0.15) is 0 Å². The van der Waals surface area contributed by atoms with E-state index in [1.807, 2.05) is 6.92 Å². The topological polar surface area (TPSA) is 50.4 Å². The zero-order chi connectivity index (χ0) is 14.0. The molecular weight excluding hydrogens is 322 g/mol. The van der Waals surface area contributed by atoms with Crippen LogP contribution in [-0.2, 0) is 4.74 Å². The number of hydrogen-bond donors (Lipinski definition) is 2. The molecule has 1 saturated heterocycles. The van der Waals surface area contributed by atoms with Gasteiger partial charge in [0.25, 0.3) is 0 Å². The number of carbonyl (C=O) groups excluding carboxylic acids is 1. The highest BCUT2D eigenvalue weighted by atomic mass is 79.9. The first-order valence-corrected chi connectivity index (χ1v) is 6.50. The second-order valence-corrected chi connectivity index (χ2v) is 5.54. The molecule has 104 valence electrons. The Labute approximate surface area is 117 Å².